The van der Waals surface area contributed by atoms with E-state index in [0.29, 0.717) is 38.6 Å². The number of piperazine rings is 1. The summed E-state index contributed by atoms with van der Waals surface area (Å²) < 4.78 is 8.21. The number of rotatable bonds is 3. The highest BCUT2D eigenvalue weighted by Gasteiger charge is 2.32. The van der Waals surface area contributed by atoms with Crippen LogP contribution in [0.3, 0.4) is 0 Å². The van der Waals surface area contributed by atoms with Crippen LogP contribution in [0.15, 0.2) is 16.9 Å². The molecule has 0 bridgehead atoms. The number of aryl methyl sites for hydroxylation is 2. The molecule has 31 heavy (non-hydrogen) atoms. The van der Waals surface area contributed by atoms with E-state index in [9.17, 15) is 14.4 Å². The molecular weight excluding hydrogens is 398 g/mol. The van der Waals surface area contributed by atoms with Gasteiger partial charge in [-0.05, 0) is 50.7 Å². The van der Waals surface area contributed by atoms with Gasteiger partial charge in [-0.15, -0.1) is 0 Å². The average molecular weight is 430 g/mol. The number of aromatic nitrogens is 3. The van der Waals surface area contributed by atoms with Crippen LogP contribution in [0.25, 0.3) is 11.2 Å². The standard InChI is InChI=1S/C22H31N5O4/c1-15-4-9-18-19(23-15)27(21(29)24(18)2)14-16-5-7-17(8-6-16)20(28)25-10-12-26(13-11-25)22(30)31-3/h4,9,16-17H,5-8,10-14H2,1-3H3/t16-,17-. The minimum Gasteiger partial charge on any atom is -0.453 e. The maximum Gasteiger partial charge on any atom is 0.409 e. The zero-order valence-corrected chi connectivity index (χ0v) is 18.5. The van der Waals surface area contributed by atoms with E-state index >= 15 is 0 Å². The fraction of sp³-hybridized carbons (Fsp3) is 0.636. The van der Waals surface area contributed by atoms with Crippen LogP contribution < -0.4 is 5.69 Å². The van der Waals surface area contributed by atoms with Gasteiger partial charge in [-0.2, -0.15) is 0 Å². The number of amides is 2. The number of nitrogens with zero attached hydrogens (tertiary/aromatic N) is 5. The normalized spacial score (nSPS) is 22.0. The quantitative estimate of drug-likeness (QED) is 0.742. The predicted molar refractivity (Wildman–Crippen MR) is 116 cm³/mol. The molecule has 1 saturated heterocycles. The highest BCUT2D eigenvalue weighted by atomic mass is 16.5. The topological polar surface area (TPSA) is 89.7 Å². The van der Waals surface area contributed by atoms with E-state index in [0.717, 1.165) is 42.5 Å². The number of carbonyl (C=O) groups is 2. The van der Waals surface area contributed by atoms with Crippen molar-refractivity contribution >= 4 is 23.2 Å². The number of pyridine rings is 1. The molecule has 1 aliphatic carbocycles. The van der Waals surface area contributed by atoms with Gasteiger partial charge in [0, 0.05) is 51.4 Å². The second-order valence-electron chi connectivity index (χ2n) is 8.75. The van der Waals surface area contributed by atoms with E-state index < -0.39 is 0 Å². The fourth-order valence-electron chi connectivity index (χ4n) is 4.88. The number of fused-ring (bicyclic) bond motifs is 1. The first-order valence-corrected chi connectivity index (χ1v) is 11.0. The molecule has 0 radical (unpaired) electrons. The molecule has 1 aliphatic heterocycles. The van der Waals surface area contributed by atoms with Crippen molar-refractivity contribution in [3.05, 3.63) is 28.3 Å². The van der Waals surface area contributed by atoms with Crippen molar-refractivity contribution in [2.75, 3.05) is 33.3 Å². The summed E-state index contributed by atoms with van der Waals surface area (Å²) in [6.07, 6.45) is 3.20. The van der Waals surface area contributed by atoms with Gasteiger partial charge in [0.1, 0.15) is 0 Å². The van der Waals surface area contributed by atoms with Gasteiger partial charge < -0.3 is 14.5 Å². The Morgan fingerprint density at radius 3 is 2.35 bits per heavy atom. The van der Waals surface area contributed by atoms with Gasteiger partial charge in [0.15, 0.2) is 5.65 Å². The number of ether oxygens (including phenoxy) is 1. The molecule has 9 heteroatoms. The van der Waals surface area contributed by atoms with Crippen LogP contribution >= 0.6 is 0 Å². The lowest BCUT2D eigenvalue weighted by Gasteiger charge is -2.37. The van der Waals surface area contributed by atoms with Gasteiger partial charge in [-0.1, -0.05) is 0 Å². The van der Waals surface area contributed by atoms with Crippen molar-refractivity contribution in [1.29, 1.82) is 0 Å². The summed E-state index contributed by atoms with van der Waals surface area (Å²) in [5.41, 5.74) is 2.46. The van der Waals surface area contributed by atoms with E-state index in [4.69, 9.17) is 4.74 Å². The van der Waals surface area contributed by atoms with Crippen molar-refractivity contribution in [3.63, 3.8) is 0 Å². The first-order valence-electron chi connectivity index (χ1n) is 11.0. The Hall–Kier alpha value is -2.84. The summed E-state index contributed by atoms with van der Waals surface area (Å²) in [6, 6.07) is 3.87. The molecule has 0 aromatic carbocycles. The fourth-order valence-corrected chi connectivity index (χ4v) is 4.88. The van der Waals surface area contributed by atoms with Gasteiger partial charge in [0.25, 0.3) is 0 Å². The summed E-state index contributed by atoms with van der Waals surface area (Å²) in [7, 11) is 3.16. The van der Waals surface area contributed by atoms with E-state index in [1.807, 2.05) is 24.0 Å². The third kappa shape index (κ3) is 4.18. The van der Waals surface area contributed by atoms with E-state index in [1.54, 1.807) is 21.1 Å². The minimum atomic E-state index is -0.332. The summed E-state index contributed by atoms with van der Waals surface area (Å²) in [5, 5.41) is 0. The molecule has 2 aromatic rings. The summed E-state index contributed by atoms with van der Waals surface area (Å²) in [6.45, 7) is 4.73. The SMILES string of the molecule is COC(=O)N1CCN(C(=O)[C@H]2CC[C@H](Cn3c(=O)n(C)c4ccc(C)nc43)CC2)CC1. The molecule has 0 N–H and O–H groups in total. The Bertz CT molecular complexity index is 1030. The van der Waals surface area contributed by atoms with Crippen LogP contribution in [0, 0.1) is 18.8 Å². The Kier molecular flexibility index (Phi) is 6.02. The van der Waals surface area contributed by atoms with Gasteiger partial charge in [-0.3, -0.25) is 13.9 Å². The molecule has 0 unspecified atom stereocenters. The lowest BCUT2D eigenvalue weighted by Crippen LogP contribution is -2.52. The number of carbonyl (C=O) groups excluding carboxylic acids is 2. The summed E-state index contributed by atoms with van der Waals surface area (Å²) in [4.78, 5) is 45.4. The van der Waals surface area contributed by atoms with Gasteiger partial charge >= 0.3 is 11.8 Å². The van der Waals surface area contributed by atoms with Crippen LogP contribution in [0.5, 0.6) is 0 Å². The Balaban J connectivity index is 1.35. The molecular formula is C22H31N5O4. The Morgan fingerprint density at radius 2 is 1.71 bits per heavy atom. The van der Waals surface area contributed by atoms with Crippen molar-refractivity contribution in [2.24, 2.45) is 18.9 Å². The van der Waals surface area contributed by atoms with Gasteiger partial charge in [0.2, 0.25) is 5.91 Å². The molecule has 0 atom stereocenters. The van der Waals surface area contributed by atoms with E-state index in [-0.39, 0.29) is 23.6 Å². The number of hydrogen-bond donors (Lipinski definition) is 0. The maximum atomic E-state index is 13.0. The average Bonchev–Trinajstić information content (AvgIpc) is 3.02. The Labute approximate surface area is 181 Å². The molecule has 168 valence electrons. The molecule has 0 spiro atoms. The molecule has 2 amide bonds. The molecule has 2 fully saturated rings. The Morgan fingerprint density at radius 1 is 1.06 bits per heavy atom. The minimum absolute atomic E-state index is 0.0326. The first kappa shape index (κ1) is 21.4. The summed E-state index contributed by atoms with van der Waals surface area (Å²) in [5.74, 6) is 0.596. The van der Waals surface area contributed by atoms with Crippen LogP contribution in [0.1, 0.15) is 31.4 Å². The largest absolute Gasteiger partial charge is 0.453 e. The number of methoxy groups -OCH3 is 1. The van der Waals surface area contributed by atoms with Crippen molar-refractivity contribution < 1.29 is 14.3 Å². The number of hydrogen-bond acceptors (Lipinski definition) is 5. The van der Waals surface area contributed by atoms with Crippen molar-refractivity contribution in [3.8, 4) is 0 Å². The van der Waals surface area contributed by atoms with Gasteiger partial charge in [0.05, 0.1) is 12.6 Å². The zero-order chi connectivity index (χ0) is 22.1. The second-order valence-corrected chi connectivity index (χ2v) is 8.75. The first-order chi connectivity index (χ1) is 14.9. The zero-order valence-electron chi connectivity index (χ0n) is 18.5. The highest BCUT2D eigenvalue weighted by molar-refractivity contribution is 5.79. The van der Waals surface area contributed by atoms with Crippen LogP contribution in [-0.2, 0) is 23.1 Å². The third-order valence-corrected chi connectivity index (χ3v) is 6.79. The molecule has 9 nitrogen and oxygen atoms in total. The lowest BCUT2D eigenvalue weighted by atomic mass is 9.81. The lowest BCUT2D eigenvalue weighted by molar-refractivity contribution is -0.138. The van der Waals surface area contributed by atoms with Crippen LogP contribution in [-0.4, -0.2) is 69.2 Å². The number of imidazole rings is 1. The predicted octanol–water partition coefficient (Wildman–Crippen LogP) is 1.76. The molecule has 2 aliphatic rings. The van der Waals surface area contributed by atoms with Gasteiger partial charge in [-0.25, -0.2) is 14.6 Å². The second kappa shape index (κ2) is 8.72. The van der Waals surface area contributed by atoms with Crippen LogP contribution in [0.4, 0.5) is 4.79 Å². The monoisotopic (exact) mass is 429 g/mol. The third-order valence-electron chi connectivity index (χ3n) is 6.79. The highest BCUT2D eigenvalue weighted by Crippen LogP contribution is 2.31. The smallest absolute Gasteiger partial charge is 0.409 e. The summed E-state index contributed by atoms with van der Waals surface area (Å²) >= 11 is 0. The molecule has 1 saturated carbocycles. The van der Waals surface area contributed by atoms with Crippen LogP contribution in [0.2, 0.25) is 0 Å². The van der Waals surface area contributed by atoms with E-state index in [2.05, 4.69) is 4.98 Å². The maximum absolute atomic E-state index is 13.0. The molecule has 3 heterocycles. The molecule has 4 rings (SSSR count). The molecule has 2 aromatic heterocycles. The van der Waals surface area contributed by atoms with Crippen molar-refractivity contribution in [1.82, 2.24) is 23.9 Å². The van der Waals surface area contributed by atoms with E-state index in [1.165, 1.54) is 7.11 Å². The van der Waals surface area contributed by atoms with Crippen molar-refractivity contribution in [2.45, 2.75) is 39.2 Å².